The van der Waals surface area contributed by atoms with Gasteiger partial charge in [0.25, 0.3) is 0 Å². The molecule has 5 nitrogen and oxygen atoms in total. The van der Waals surface area contributed by atoms with Crippen molar-refractivity contribution < 1.29 is 4.84 Å². The lowest BCUT2D eigenvalue weighted by atomic mass is 10.1. The van der Waals surface area contributed by atoms with E-state index >= 15 is 0 Å². The Bertz CT molecular complexity index is 340. The zero-order chi connectivity index (χ0) is 17.1. The molecule has 1 aliphatic rings. The van der Waals surface area contributed by atoms with Crippen molar-refractivity contribution in [2.75, 3.05) is 26.7 Å². The van der Waals surface area contributed by atoms with Crippen LogP contribution in [0.15, 0.2) is 0 Å². The average molecular weight is 315 g/mol. The Labute approximate surface area is 138 Å². The highest BCUT2D eigenvalue weighted by Crippen LogP contribution is 2.35. The van der Waals surface area contributed by atoms with Crippen LogP contribution in [0.3, 0.4) is 0 Å². The maximum absolute atomic E-state index is 6.41. The number of hydrogen-bond acceptors (Lipinski definition) is 5. The smallest absolute Gasteiger partial charge is 0.100 e. The van der Waals surface area contributed by atoms with Gasteiger partial charge in [-0.1, -0.05) is 20.3 Å². The van der Waals surface area contributed by atoms with Crippen LogP contribution >= 0.6 is 0 Å². The molecule has 5 heteroatoms. The first kappa shape index (κ1) is 19.8. The number of rotatable bonds is 8. The first-order chi connectivity index (χ1) is 10.0. The number of likely N-dealkylation sites (N-methyl/N-ethyl adjacent to an activating group) is 1. The van der Waals surface area contributed by atoms with Crippen molar-refractivity contribution in [3.05, 3.63) is 0 Å². The van der Waals surface area contributed by atoms with Crippen molar-refractivity contribution in [1.82, 2.24) is 20.2 Å². The molecule has 0 spiro atoms. The predicted octanol–water partition coefficient (Wildman–Crippen LogP) is 3.34. The van der Waals surface area contributed by atoms with Gasteiger partial charge >= 0.3 is 0 Å². The third-order valence-corrected chi connectivity index (χ3v) is 4.14. The highest BCUT2D eigenvalue weighted by molar-refractivity contribution is 4.84. The van der Waals surface area contributed by atoms with Gasteiger partial charge in [-0.2, -0.15) is 10.0 Å². The summed E-state index contributed by atoms with van der Waals surface area (Å²) < 4.78 is 0. The monoisotopic (exact) mass is 314 g/mol. The van der Waals surface area contributed by atoms with Crippen molar-refractivity contribution in [2.24, 2.45) is 0 Å². The molecule has 1 unspecified atom stereocenters. The van der Waals surface area contributed by atoms with Gasteiger partial charge in [-0.05, 0) is 66.8 Å². The van der Waals surface area contributed by atoms with E-state index in [2.05, 4.69) is 77.4 Å². The Hall–Kier alpha value is -0.200. The van der Waals surface area contributed by atoms with Gasteiger partial charge in [-0.25, -0.2) is 0 Å². The van der Waals surface area contributed by atoms with Gasteiger partial charge in [0, 0.05) is 18.6 Å². The molecule has 0 bridgehead atoms. The molecule has 1 aliphatic heterocycles. The molecule has 1 fully saturated rings. The van der Waals surface area contributed by atoms with Gasteiger partial charge < -0.3 is 4.90 Å². The Morgan fingerprint density at radius 1 is 1.09 bits per heavy atom. The maximum atomic E-state index is 6.41. The highest BCUT2D eigenvalue weighted by Gasteiger charge is 2.50. The van der Waals surface area contributed by atoms with E-state index in [0.717, 1.165) is 19.6 Å². The topological polar surface area (TPSA) is 22.2 Å². The lowest BCUT2D eigenvalue weighted by Gasteiger charge is -2.62. The molecule has 0 N–H and O–H groups in total. The quantitative estimate of drug-likeness (QED) is 0.683. The molecule has 1 rings (SSSR count). The zero-order valence-corrected chi connectivity index (χ0v) is 16.3. The molecule has 1 atom stereocenters. The summed E-state index contributed by atoms with van der Waals surface area (Å²) in [6.07, 6.45) is 2.78. The van der Waals surface area contributed by atoms with Gasteiger partial charge in [-0.15, -0.1) is 0 Å². The third-order valence-electron chi connectivity index (χ3n) is 4.14. The number of hydrogen-bond donors (Lipinski definition) is 0. The van der Waals surface area contributed by atoms with Crippen LogP contribution in [0.2, 0.25) is 0 Å². The molecule has 0 radical (unpaired) electrons. The molecule has 0 aromatic carbocycles. The van der Waals surface area contributed by atoms with E-state index in [9.17, 15) is 0 Å². The minimum absolute atomic E-state index is 0.0505. The second-order valence-electron chi connectivity index (χ2n) is 8.10. The molecule has 0 saturated carbocycles. The largest absolute Gasteiger partial charge is 0.304 e. The van der Waals surface area contributed by atoms with Gasteiger partial charge in [-0.3, -0.25) is 4.84 Å². The summed E-state index contributed by atoms with van der Waals surface area (Å²) in [5.41, 5.74) is -0.173. The normalized spacial score (nSPS) is 22.4. The number of unbranched alkanes of at least 4 members (excludes halogenated alkanes) is 1. The molecule has 1 saturated heterocycles. The minimum Gasteiger partial charge on any atom is -0.304 e. The van der Waals surface area contributed by atoms with Crippen molar-refractivity contribution in [3.63, 3.8) is 0 Å². The van der Waals surface area contributed by atoms with Gasteiger partial charge in [0.05, 0.1) is 6.17 Å². The third kappa shape index (κ3) is 4.90. The van der Waals surface area contributed by atoms with E-state index < -0.39 is 0 Å². The van der Waals surface area contributed by atoms with Crippen LogP contribution in [0.25, 0.3) is 0 Å². The van der Waals surface area contributed by atoms with Crippen LogP contribution in [-0.2, 0) is 4.84 Å². The molecule has 0 amide bonds. The Balaban J connectivity index is 2.79. The van der Waals surface area contributed by atoms with Crippen molar-refractivity contribution in [2.45, 2.75) is 85.5 Å². The fourth-order valence-corrected chi connectivity index (χ4v) is 3.01. The second-order valence-corrected chi connectivity index (χ2v) is 8.10. The second kappa shape index (κ2) is 7.58. The zero-order valence-electron chi connectivity index (χ0n) is 16.3. The van der Waals surface area contributed by atoms with Gasteiger partial charge in [0.15, 0.2) is 0 Å². The van der Waals surface area contributed by atoms with E-state index in [1.54, 1.807) is 0 Å². The Morgan fingerprint density at radius 3 is 2.14 bits per heavy atom. The van der Waals surface area contributed by atoms with Crippen LogP contribution in [0.5, 0.6) is 0 Å². The summed E-state index contributed by atoms with van der Waals surface area (Å²) in [6, 6.07) is 0. The average Bonchev–Trinajstić information content (AvgIpc) is 2.36. The van der Waals surface area contributed by atoms with Crippen LogP contribution in [-0.4, -0.2) is 64.2 Å². The lowest BCUT2D eigenvalue weighted by molar-refractivity contribution is -0.538. The molecule has 0 aromatic rings. The summed E-state index contributed by atoms with van der Waals surface area (Å²) in [5, 5.41) is 6.68. The Morgan fingerprint density at radius 2 is 1.68 bits per heavy atom. The number of hydrazine groups is 2. The fraction of sp³-hybridized carbons (Fsp3) is 1.00. The minimum atomic E-state index is -0.223. The van der Waals surface area contributed by atoms with Gasteiger partial charge in [0.1, 0.15) is 5.60 Å². The van der Waals surface area contributed by atoms with E-state index in [-0.39, 0.29) is 11.1 Å². The lowest BCUT2D eigenvalue weighted by Crippen LogP contribution is -2.78. The van der Waals surface area contributed by atoms with E-state index in [1.807, 2.05) is 5.28 Å². The Kier molecular flexibility index (Phi) is 6.84. The molecular formula is C17H38N4O. The maximum Gasteiger partial charge on any atom is 0.100 e. The molecule has 0 aliphatic carbocycles. The summed E-state index contributed by atoms with van der Waals surface area (Å²) in [7, 11) is 2.14. The van der Waals surface area contributed by atoms with Gasteiger partial charge in [0.2, 0.25) is 0 Å². The predicted molar refractivity (Wildman–Crippen MR) is 92.8 cm³/mol. The van der Waals surface area contributed by atoms with Crippen molar-refractivity contribution in [1.29, 1.82) is 0 Å². The summed E-state index contributed by atoms with van der Waals surface area (Å²) in [4.78, 5) is 8.70. The van der Waals surface area contributed by atoms with E-state index in [0.29, 0.717) is 6.17 Å². The SMILES string of the molecule is CCCCN1C(C)N(C(C)(C)C)N1OC(C)(C)CN(C)CC. The van der Waals surface area contributed by atoms with E-state index in [4.69, 9.17) is 4.84 Å². The van der Waals surface area contributed by atoms with Crippen LogP contribution in [0.4, 0.5) is 0 Å². The van der Waals surface area contributed by atoms with Crippen molar-refractivity contribution >= 4 is 0 Å². The molecular weight excluding hydrogens is 276 g/mol. The number of nitrogens with zero attached hydrogens (tertiary/aromatic N) is 4. The fourth-order valence-electron chi connectivity index (χ4n) is 3.01. The summed E-state index contributed by atoms with van der Waals surface area (Å²) in [5.74, 6) is 0. The summed E-state index contributed by atoms with van der Waals surface area (Å²) in [6.45, 7) is 20.7. The first-order valence-electron chi connectivity index (χ1n) is 8.77. The van der Waals surface area contributed by atoms with E-state index in [1.165, 1.54) is 12.8 Å². The molecule has 132 valence electrons. The van der Waals surface area contributed by atoms with Crippen LogP contribution < -0.4 is 0 Å². The van der Waals surface area contributed by atoms with Crippen LogP contribution in [0, 0.1) is 0 Å². The van der Waals surface area contributed by atoms with Crippen LogP contribution in [0.1, 0.15) is 68.2 Å². The molecule has 1 heterocycles. The summed E-state index contributed by atoms with van der Waals surface area (Å²) >= 11 is 0. The molecule has 22 heavy (non-hydrogen) atoms. The highest BCUT2D eigenvalue weighted by atomic mass is 16.8. The van der Waals surface area contributed by atoms with Crippen molar-refractivity contribution in [3.8, 4) is 0 Å². The molecule has 0 aromatic heterocycles. The first-order valence-corrected chi connectivity index (χ1v) is 8.77. The standard InChI is InChI=1S/C17H38N4O/c1-10-12-13-19-15(3)20(16(4,5)6)21(19)22-17(7,8)14-18(9)11-2/h15H,10-14H2,1-9H3.